The van der Waals surface area contributed by atoms with Gasteiger partial charge in [-0.15, -0.1) is 0 Å². The van der Waals surface area contributed by atoms with E-state index in [1.165, 1.54) is 27.0 Å². The second-order valence-electron chi connectivity index (χ2n) is 14.2. The topological polar surface area (TPSA) is 117 Å². The Bertz CT molecular complexity index is 2230. The summed E-state index contributed by atoms with van der Waals surface area (Å²) in [4.78, 5) is 49.6. The molecule has 8 rings (SSSR count). The van der Waals surface area contributed by atoms with Crippen LogP contribution in [0.3, 0.4) is 0 Å². The van der Waals surface area contributed by atoms with Gasteiger partial charge in [-0.2, -0.15) is 0 Å². The molecule has 3 N–H and O–H groups in total. The third-order valence-electron chi connectivity index (χ3n) is 10.7. The number of aryl methyl sites for hydroxylation is 1. The van der Waals surface area contributed by atoms with Crippen LogP contribution in [0.5, 0.6) is 0 Å². The van der Waals surface area contributed by atoms with Gasteiger partial charge in [0.1, 0.15) is 23.5 Å². The summed E-state index contributed by atoms with van der Waals surface area (Å²) in [6.07, 6.45) is 10.6. The second-order valence-corrected chi connectivity index (χ2v) is 14.2. The summed E-state index contributed by atoms with van der Waals surface area (Å²) in [6, 6.07) is 16.5. The van der Waals surface area contributed by atoms with Gasteiger partial charge in [0, 0.05) is 50.7 Å². The summed E-state index contributed by atoms with van der Waals surface area (Å²) in [6.45, 7) is 5.36. The van der Waals surface area contributed by atoms with Crippen LogP contribution in [-0.2, 0) is 11.2 Å². The van der Waals surface area contributed by atoms with E-state index >= 15 is 0 Å². The van der Waals surface area contributed by atoms with E-state index < -0.39 is 28.9 Å². The number of amides is 1. The predicted octanol–water partition coefficient (Wildman–Crippen LogP) is 4.24. The van der Waals surface area contributed by atoms with Gasteiger partial charge in [0.05, 0.1) is 17.3 Å². The third-order valence-corrected chi connectivity index (χ3v) is 10.7. The molecule has 1 amide bonds. The lowest BCUT2D eigenvalue weighted by Gasteiger charge is -2.30. The van der Waals surface area contributed by atoms with E-state index in [1.54, 1.807) is 23.2 Å². The quantitative estimate of drug-likeness (QED) is 0.235. The number of fused-ring (bicyclic) bond motifs is 2. The number of nitrogens with one attached hydrogen (secondary N) is 3. The van der Waals surface area contributed by atoms with Crippen molar-refractivity contribution < 1.29 is 13.6 Å². The molecule has 53 heavy (non-hydrogen) atoms. The van der Waals surface area contributed by atoms with Crippen molar-refractivity contribution in [3.63, 3.8) is 0 Å². The molecule has 1 unspecified atom stereocenters. The number of hydrogen-bond acceptors (Lipinski definition) is 8. The second kappa shape index (κ2) is 14.9. The minimum absolute atomic E-state index is 0.0193. The van der Waals surface area contributed by atoms with Gasteiger partial charge in [0.15, 0.2) is 5.65 Å². The standard InChI is InChI=1S/C40H42F2N8O3/c41-29-10-15-36-46-35(25-48(36)24-29)38(51)45-31-11-13-32(14-12-31)50-39(52)34-22-30(42)23-44-37(34)49(40(50)53)33-5-1-4-28(21-33)27-8-6-26(7-9-27)3-2-18-47-19-16-43-17-20-47/h1,4-10,15,21-25,31-32,36,43,46H,2-3,11-14,16-20H2,(H,45,51). The van der Waals surface area contributed by atoms with Gasteiger partial charge < -0.3 is 25.8 Å². The lowest BCUT2D eigenvalue weighted by molar-refractivity contribution is -0.118. The predicted molar refractivity (Wildman–Crippen MR) is 199 cm³/mol. The summed E-state index contributed by atoms with van der Waals surface area (Å²) in [5.74, 6) is -1.37. The molecule has 2 fully saturated rings. The molecular weight excluding hydrogens is 678 g/mol. The summed E-state index contributed by atoms with van der Waals surface area (Å²) in [5.41, 5.74) is 2.96. The number of allylic oxidation sites excluding steroid dienone is 2. The number of carbonyl (C=O) groups is 1. The Morgan fingerprint density at radius 1 is 0.943 bits per heavy atom. The molecule has 0 radical (unpaired) electrons. The Balaban J connectivity index is 1.00. The first-order chi connectivity index (χ1) is 25.8. The number of nitrogens with zero attached hydrogens (tertiary/aromatic N) is 5. The van der Waals surface area contributed by atoms with Crippen LogP contribution < -0.4 is 27.2 Å². The molecule has 0 bridgehead atoms. The summed E-state index contributed by atoms with van der Waals surface area (Å²) in [7, 11) is 0. The summed E-state index contributed by atoms with van der Waals surface area (Å²) < 4.78 is 30.8. The van der Waals surface area contributed by atoms with Gasteiger partial charge >= 0.3 is 5.69 Å². The number of piperazine rings is 1. The van der Waals surface area contributed by atoms with Gasteiger partial charge in [0.2, 0.25) is 0 Å². The van der Waals surface area contributed by atoms with Gasteiger partial charge in [-0.25, -0.2) is 23.1 Å². The Hall–Kier alpha value is -5.40. The van der Waals surface area contributed by atoms with Crippen molar-refractivity contribution in [2.75, 3.05) is 32.7 Å². The molecule has 0 spiro atoms. The number of rotatable bonds is 9. The maximum absolute atomic E-state index is 14.6. The molecule has 3 aliphatic heterocycles. The zero-order chi connectivity index (χ0) is 36.5. The zero-order valence-electron chi connectivity index (χ0n) is 29.3. The highest BCUT2D eigenvalue weighted by Gasteiger charge is 2.31. The molecular formula is C40H42F2N8O3. The van der Waals surface area contributed by atoms with Crippen LogP contribution in [0.2, 0.25) is 0 Å². The van der Waals surface area contributed by atoms with Crippen LogP contribution in [0.25, 0.3) is 27.8 Å². The zero-order valence-corrected chi connectivity index (χ0v) is 29.3. The highest BCUT2D eigenvalue weighted by Crippen LogP contribution is 2.29. The van der Waals surface area contributed by atoms with E-state index in [2.05, 4.69) is 50.1 Å². The van der Waals surface area contributed by atoms with Crippen molar-refractivity contribution in [2.24, 2.45) is 0 Å². The van der Waals surface area contributed by atoms with Crippen LogP contribution in [-0.4, -0.2) is 74.8 Å². The number of pyridine rings is 1. The minimum Gasteiger partial charge on any atom is -0.356 e. The largest absolute Gasteiger partial charge is 0.356 e. The molecule has 11 nitrogen and oxygen atoms in total. The SMILES string of the molecule is O=C(NC1CCC(n2c(=O)c3cc(F)cnc3n(-c3cccc(-c4ccc(CCCN5CCNCC5)cc4)c3)c2=O)CC1)C1=CN2C=C(F)C=CC2N1. The molecule has 1 aliphatic carbocycles. The van der Waals surface area contributed by atoms with E-state index in [9.17, 15) is 23.2 Å². The molecule has 13 heteroatoms. The average Bonchev–Trinajstić information content (AvgIpc) is 3.60. The monoisotopic (exact) mass is 720 g/mol. The average molecular weight is 721 g/mol. The van der Waals surface area contributed by atoms with E-state index in [1.807, 2.05) is 18.2 Å². The molecule has 2 aromatic carbocycles. The highest BCUT2D eigenvalue weighted by atomic mass is 19.1. The maximum Gasteiger partial charge on any atom is 0.337 e. The van der Waals surface area contributed by atoms with Crippen LogP contribution in [0, 0.1) is 5.82 Å². The normalized spacial score (nSPS) is 21.5. The van der Waals surface area contributed by atoms with Gasteiger partial charge in [-0.05, 0) is 92.1 Å². The first-order valence-electron chi connectivity index (χ1n) is 18.4. The molecule has 5 heterocycles. The summed E-state index contributed by atoms with van der Waals surface area (Å²) >= 11 is 0. The molecule has 2 aromatic heterocycles. The number of hydrogen-bond donors (Lipinski definition) is 3. The maximum atomic E-state index is 14.6. The molecule has 4 aliphatic rings. The smallest absolute Gasteiger partial charge is 0.337 e. The Labute approximate surface area is 305 Å². The number of aromatic nitrogens is 3. The van der Waals surface area contributed by atoms with Crippen LogP contribution >= 0.6 is 0 Å². The Morgan fingerprint density at radius 2 is 1.74 bits per heavy atom. The first kappa shape index (κ1) is 34.7. The Kier molecular flexibility index (Phi) is 9.76. The molecule has 1 atom stereocenters. The highest BCUT2D eigenvalue weighted by molar-refractivity contribution is 5.93. The van der Waals surface area contributed by atoms with Gasteiger partial charge in [0.25, 0.3) is 11.5 Å². The van der Waals surface area contributed by atoms with E-state index in [0.717, 1.165) is 69.0 Å². The molecule has 1 saturated heterocycles. The number of halogens is 2. The third kappa shape index (κ3) is 7.31. The van der Waals surface area contributed by atoms with Crippen LogP contribution in [0.1, 0.15) is 43.7 Å². The minimum atomic E-state index is -0.667. The van der Waals surface area contributed by atoms with Crippen molar-refractivity contribution in [3.8, 4) is 16.8 Å². The van der Waals surface area contributed by atoms with Crippen molar-refractivity contribution in [1.29, 1.82) is 0 Å². The van der Waals surface area contributed by atoms with Crippen molar-refractivity contribution in [2.45, 2.75) is 56.8 Å². The van der Waals surface area contributed by atoms with Crippen LogP contribution in [0.15, 0.2) is 106 Å². The Morgan fingerprint density at radius 3 is 2.53 bits per heavy atom. The van der Waals surface area contributed by atoms with Crippen molar-refractivity contribution >= 4 is 16.9 Å². The molecule has 274 valence electrons. The number of carbonyl (C=O) groups excluding carboxylic acids is 1. The fraction of sp³-hybridized carbons (Fsp3) is 0.350. The lowest BCUT2D eigenvalue weighted by atomic mass is 9.90. The van der Waals surface area contributed by atoms with Gasteiger partial charge in [-0.3, -0.25) is 14.2 Å². The molecule has 4 aromatic rings. The van der Waals surface area contributed by atoms with Crippen molar-refractivity contribution in [1.82, 2.24) is 39.9 Å². The van der Waals surface area contributed by atoms with Crippen LogP contribution in [0.4, 0.5) is 8.78 Å². The van der Waals surface area contributed by atoms with E-state index in [4.69, 9.17) is 0 Å². The summed E-state index contributed by atoms with van der Waals surface area (Å²) in [5, 5.41) is 9.53. The van der Waals surface area contributed by atoms with Crippen molar-refractivity contribution in [3.05, 3.63) is 129 Å². The van der Waals surface area contributed by atoms with E-state index in [-0.39, 0.29) is 29.1 Å². The first-order valence-corrected chi connectivity index (χ1v) is 18.4. The molecule has 1 saturated carbocycles. The van der Waals surface area contributed by atoms with Gasteiger partial charge in [-0.1, -0.05) is 36.4 Å². The lowest BCUT2D eigenvalue weighted by Crippen LogP contribution is -2.46. The number of benzene rings is 2. The fourth-order valence-corrected chi connectivity index (χ4v) is 7.87. The fourth-order valence-electron chi connectivity index (χ4n) is 7.87. The van der Waals surface area contributed by atoms with E-state index in [0.29, 0.717) is 37.1 Å².